The number of sulfonamides is 1. The monoisotopic (exact) mass is 495 g/mol. The van der Waals surface area contributed by atoms with E-state index >= 15 is 0 Å². The van der Waals surface area contributed by atoms with Gasteiger partial charge in [0.15, 0.2) is 0 Å². The van der Waals surface area contributed by atoms with Gasteiger partial charge < -0.3 is 20.9 Å². The lowest BCUT2D eigenvalue weighted by Gasteiger charge is -2.29. The molecule has 1 amide bonds. The van der Waals surface area contributed by atoms with Crippen LogP contribution in [0.5, 0.6) is 0 Å². The number of piperidine rings is 1. The lowest BCUT2D eigenvalue weighted by atomic mass is 10.0. The van der Waals surface area contributed by atoms with E-state index in [0.29, 0.717) is 22.9 Å². The van der Waals surface area contributed by atoms with Crippen LogP contribution >= 0.6 is 0 Å². The molecule has 1 aliphatic rings. The van der Waals surface area contributed by atoms with Crippen LogP contribution in [-0.2, 0) is 10.0 Å². The molecule has 0 atom stereocenters. The number of carbonyl (C=O) groups is 1. The molecule has 1 fully saturated rings. The molecule has 0 saturated carbocycles. The van der Waals surface area contributed by atoms with Gasteiger partial charge in [-0.15, -0.1) is 0 Å². The second-order valence-corrected chi connectivity index (χ2v) is 10.3. The molecular formula is C24H29N7O3S. The lowest BCUT2D eigenvalue weighted by Crippen LogP contribution is -2.43. The van der Waals surface area contributed by atoms with Crippen molar-refractivity contribution in [2.24, 2.45) is 0 Å². The number of aromatic nitrogens is 2. The summed E-state index contributed by atoms with van der Waals surface area (Å²) in [5, 5.41) is 9.40. The summed E-state index contributed by atoms with van der Waals surface area (Å²) < 4.78 is 26.4. The zero-order valence-corrected chi connectivity index (χ0v) is 20.5. The van der Waals surface area contributed by atoms with Crippen molar-refractivity contribution in [3.63, 3.8) is 0 Å². The van der Waals surface area contributed by atoms with Gasteiger partial charge in [-0.25, -0.2) is 23.1 Å². The van der Waals surface area contributed by atoms with Crippen LogP contribution in [0, 0.1) is 0 Å². The number of anilines is 4. The summed E-state index contributed by atoms with van der Waals surface area (Å²) in [6.07, 6.45) is 3.32. The normalized spacial score (nSPS) is 14.9. The summed E-state index contributed by atoms with van der Waals surface area (Å²) in [4.78, 5) is 23.4. The van der Waals surface area contributed by atoms with Crippen LogP contribution in [0.15, 0.2) is 65.8 Å². The molecule has 0 aliphatic carbocycles. The zero-order chi connectivity index (χ0) is 24.8. The maximum absolute atomic E-state index is 12.6. The van der Waals surface area contributed by atoms with Crippen molar-refractivity contribution >= 4 is 38.9 Å². The van der Waals surface area contributed by atoms with E-state index in [4.69, 9.17) is 0 Å². The molecular weight excluding hydrogens is 466 g/mol. The van der Waals surface area contributed by atoms with Gasteiger partial charge in [-0.05, 0) is 82.5 Å². The Hall–Kier alpha value is -3.54. The summed E-state index contributed by atoms with van der Waals surface area (Å²) in [5.74, 6) is 0.975. The Bertz CT molecular complexity index is 1270. The third kappa shape index (κ3) is 6.53. The van der Waals surface area contributed by atoms with E-state index in [1.165, 1.54) is 25.5 Å². The topological polar surface area (TPSA) is 128 Å². The maximum atomic E-state index is 12.6. The van der Waals surface area contributed by atoms with Gasteiger partial charge in [-0.1, -0.05) is 6.07 Å². The van der Waals surface area contributed by atoms with Gasteiger partial charge in [0, 0.05) is 29.0 Å². The van der Waals surface area contributed by atoms with Crippen molar-refractivity contribution in [2.45, 2.75) is 23.8 Å². The molecule has 0 bridgehead atoms. The van der Waals surface area contributed by atoms with Gasteiger partial charge in [-0.2, -0.15) is 0 Å². The van der Waals surface area contributed by atoms with Crippen molar-refractivity contribution in [1.82, 2.24) is 24.9 Å². The average Bonchev–Trinajstić information content (AvgIpc) is 2.86. The number of benzene rings is 2. The number of nitrogens with one attached hydrogen (secondary N) is 4. The van der Waals surface area contributed by atoms with Gasteiger partial charge >= 0.3 is 0 Å². The van der Waals surface area contributed by atoms with Gasteiger partial charge in [0.2, 0.25) is 10.0 Å². The van der Waals surface area contributed by atoms with Gasteiger partial charge in [0.05, 0.1) is 4.90 Å². The predicted octanol–water partition coefficient (Wildman–Crippen LogP) is 2.70. The summed E-state index contributed by atoms with van der Waals surface area (Å²) in [5.41, 5.74) is 1.95. The van der Waals surface area contributed by atoms with Crippen LogP contribution < -0.4 is 20.7 Å². The first-order chi connectivity index (χ1) is 16.8. The second-order valence-electron chi connectivity index (χ2n) is 8.40. The maximum Gasteiger partial charge on any atom is 0.251 e. The molecule has 10 nitrogen and oxygen atoms in total. The van der Waals surface area contributed by atoms with Crippen molar-refractivity contribution in [1.29, 1.82) is 0 Å². The first kappa shape index (κ1) is 24.6. The number of carbonyl (C=O) groups excluding carboxylic acids is 1. The lowest BCUT2D eigenvalue weighted by molar-refractivity contribution is 0.0917. The smallest absolute Gasteiger partial charge is 0.251 e. The Morgan fingerprint density at radius 1 is 0.943 bits per heavy atom. The van der Waals surface area contributed by atoms with Crippen molar-refractivity contribution in [2.75, 3.05) is 37.8 Å². The van der Waals surface area contributed by atoms with Gasteiger partial charge in [0.25, 0.3) is 5.91 Å². The summed E-state index contributed by atoms with van der Waals surface area (Å²) in [6, 6.07) is 15.6. The molecule has 2 aromatic carbocycles. The van der Waals surface area contributed by atoms with E-state index < -0.39 is 10.0 Å². The van der Waals surface area contributed by atoms with Crippen molar-refractivity contribution < 1.29 is 13.2 Å². The predicted molar refractivity (Wildman–Crippen MR) is 136 cm³/mol. The number of hydrogen-bond acceptors (Lipinski definition) is 8. The minimum atomic E-state index is -3.55. The van der Waals surface area contributed by atoms with Crippen LogP contribution in [0.4, 0.5) is 23.0 Å². The quantitative estimate of drug-likeness (QED) is 0.376. The minimum Gasteiger partial charge on any atom is -0.349 e. The Morgan fingerprint density at radius 2 is 1.60 bits per heavy atom. The van der Waals surface area contributed by atoms with E-state index in [1.807, 2.05) is 12.1 Å². The third-order valence-electron chi connectivity index (χ3n) is 5.83. The number of rotatable bonds is 8. The molecule has 1 aromatic heterocycles. The number of hydrogen-bond donors (Lipinski definition) is 4. The van der Waals surface area contributed by atoms with E-state index in [-0.39, 0.29) is 16.8 Å². The Morgan fingerprint density at radius 3 is 2.26 bits per heavy atom. The molecule has 0 radical (unpaired) electrons. The minimum absolute atomic E-state index is 0.0675. The highest BCUT2D eigenvalue weighted by molar-refractivity contribution is 7.89. The average molecular weight is 496 g/mol. The van der Waals surface area contributed by atoms with Crippen LogP contribution in [0.2, 0.25) is 0 Å². The second kappa shape index (κ2) is 10.8. The number of amides is 1. The largest absolute Gasteiger partial charge is 0.349 e. The van der Waals surface area contributed by atoms with Gasteiger partial charge in [-0.3, -0.25) is 4.79 Å². The van der Waals surface area contributed by atoms with Gasteiger partial charge in [0.1, 0.15) is 18.0 Å². The fourth-order valence-electron chi connectivity index (χ4n) is 3.78. The molecule has 3 aromatic rings. The summed E-state index contributed by atoms with van der Waals surface area (Å²) in [6.45, 7) is 1.98. The molecule has 11 heteroatoms. The fourth-order valence-corrected chi connectivity index (χ4v) is 4.55. The van der Waals surface area contributed by atoms with E-state index in [1.54, 1.807) is 30.3 Å². The molecule has 1 saturated heterocycles. The van der Waals surface area contributed by atoms with Crippen molar-refractivity contribution in [3.05, 3.63) is 66.5 Å². The molecule has 4 N–H and O–H groups in total. The van der Waals surface area contributed by atoms with Crippen LogP contribution in [0.25, 0.3) is 0 Å². The highest BCUT2D eigenvalue weighted by Crippen LogP contribution is 2.22. The SMILES string of the molecule is CNS(=O)(=O)c1cccc(Nc2cc(Nc3ccc(C(=O)NC4CCN(C)CC4)cc3)ncn2)c1. The van der Waals surface area contributed by atoms with Crippen LogP contribution in [0.3, 0.4) is 0 Å². The first-order valence-corrected chi connectivity index (χ1v) is 12.8. The van der Waals surface area contributed by atoms with E-state index in [0.717, 1.165) is 31.6 Å². The van der Waals surface area contributed by atoms with Crippen molar-refractivity contribution in [3.8, 4) is 0 Å². The number of nitrogens with zero attached hydrogens (tertiary/aromatic N) is 3. The third-order valence-corrected chi connectivity index (χ3v) is 7.24. The molecule has 35 heavy (non-hydrogen) atoms. The Balaban J connectivity index is 1.38. The Kier molecular flexibility index (Phi) is 7.59. The standard InChI is InChI=1S/C24H29N7O3S/c1-25-35(33,34)21-5-3-4-20(14-21)29-23-15-22(26-16-27-23)28-18-8-6-17(7-9-18)24(32)30-19-10-12-31(2)13-11-19/h3-9,14-16,19,25H,10-13H2,1-2H3,(H,30,32)(H2,26,27,28,29). The summed E-state index contributed by atoms with van der Waals surface area (Å²) >= 11 is 0. The zero-order valence-electron chi connectivity index (χ0n) is 19.7. The molecule has 0 spiro atoms. The first-order valence-electron chi connectivity index (χ1n) is 11.3. The van der Waals surface area contributed by atoms with E-state index in [2.05, 4.69) is 42.6 Å². The van der Waals surface area contributed by atoms with Crippen LogP contribution in [-0.4, -0.2) is 62.4 Å². The summed E-state index contributed by atoms with van der Waals surface area (Å²) in [7, 11) is -0.0874. The van der Waals surface area contributed by atoms with Crippen LogP contribution in [0.1, 0.15) is 23.2 Å². The number of likely N-dealkylation sites (tertiary alicyclic amines) is 1. The molecule has 1 aliphatic heterocycles. The fraction of sp³-hybridized carbons (Fsp3) is 0.292. The molecule has 184 valence electrons. The highest BCUT2D eigenvalue weighted by Gasteiger charge is 2.19. The Labute approximate surface area is 205 Å². The molecule has 0 unspecified atom stereocenters. The van der Waals surface area contributed by atoms with E-state index in [9.17, 15) is 13.2 Å². The molecule has 2 heterocycles. The molecule has 4 rings (SSSR count). The highest BCUT2D eigenvalue weighted by atomic mass is 32.2.